The number of fused-ring (bicyclic) bond motifs is 1. The van der Waals surface area contributed by atoms with Crippen LogP contribution < -0.4 is 4.90 Å². The van der Waals surface area contributed by atoms with E-state index in [1.807, 2.05) is 18.2 Å². The standard InChI is InChI=1S/C16H19N5/c1-3-4-10-20(2)15-11-14(13-8-6-5-7-9-13)19-16-17-12-18-21(15)16/h5-9,11-12H,3-4,10H2,1-2H3. The first-order chi connectivity index (χ1) is 10.3. The van der Waals surface area contributed by atoms with Crippen molar-refractivity contribution in [2.24, 2.45) is 0 Å². The van der Waals surface area contributed by atoms with Gasteiger partial charge in [0.15, 0.2) is 0 Å². The smallest absolute Gasteiger partial charge is 0.254 e. The van der Waals surface area contributed by atoms with E-state index in [4.69, 9.17) is 0 Å². The van der Waals surface area contributed by atoms with Crippen LogP contribution in [0.3, 0.4) is 0 Å². The SMILES string of the molecule is CCCCN(C)c1cc(-c2ccccc2)nc2ncnn12. The lowest BCUT2D eigenvalue weighted by Crippen LogP contribution is -2.21. The maximum atomic E-state index is 4.59. The number of hydrogen-bond acceptors (Lipinski definition) is 4. The molecule has 21 heavy (non-hydrogen) atoms. The molecule has 0 radical (unpaired) electrons. The summed E-state index contributed by atoms with van der Waals surface area (Å²) in [5.41, 5.74) is 2.02. The van der Waals surface area contributed by atoms with E-state index in [0.29, 0.717) is 5.78 Å². The van der Waals surface area contributed by atoms with Crippen LogP contribution in [0, 0.1) is 0 Å². The van der Waals surface area contributed by atoms with Crippen LogP contribution >= 0.6 is 0 Å². The Bertz CT molecular complexity index is 720. The van der Waals surface area contributed by atoms with E-state index in [2.05, 4.69) is 52.1 Å². The van der Waals surface area contributed by atoms with Crippen LogP contribution in [0.25, 0.3) is 17.0 Å². The Morgan fingerprint density at radius 1 is 1.19 bits per heavy atom. The molecule has 0 unspecified atom stereocenters. The third-order valence-corrected chi connectivity index (χ3v) is 3.54. The van der Waals surface area contributed by atoms with Gasteiger partial charge in [-0.3, -0.25) is 0 Å². The predicted octanol–water partition coefficient (Wildman–Crippen LogP) is 3.03. The van der Waals surface area contributed by atoms with E-state index >= 15 is 0 Å². The highest BCUT2D eigenvalue weighted by molar-refractivity contribution is 5.65. The zero-order chi connectivity index (χ0) is 14.7. The Morgan fingerprint density at radius 2 is 2.00 bits per heavy atom. The Morgan fingerprint density at radius 3 is 2.76 bits per heavy atom. The number of anilines is 1. The minimum Gasteiger partial charge on any atom is -0.359 e. The van der Waals surface area contributed by atoms with Crippen molar-refractivity contribution >= 4 is 11.6 Å². The van der Waals surface area contributed by atoms with Crippen LogP contribution in [-0.2, 0) is 0 Å². The Balaban J connectivity index is 2.07. The van der Waals surface area contributed by atoms with Gasteiger partial charge in [-0.15, -0.1) is 0 Å². The highest BCUT2D eigenvalue weighted by Gasteiger charge is 2.12. The third kappa shape index (κ3) is 2.72. The van der Waals surface area contributed by atoms with Crippen LogP contribution in [-0.4, -0.2) is 33.2 Å². The van der Waals surface area contributed by atoms with Crippen molar-refractivity contribution in [1.29, 1.82) is 0 Å². The Kier molecular flexibility index (Phi) is 3.81. The number of rotatable bonds is 5. The van der Waals surface area contributed by atoms with Crippen LogP contribution in [0.2, 0.25) is 0 Å². The zero-order valence-electron chi connectivity index (χ0n) is 12.4. The van der Waals surface area contributed by atoms with Crippen molar-refractivity contribution in [3.8, 4) is 11.3 Å². The number of aromatic nitrogens is 4. The lowest BCUT2D eigenvalue weighted by molar-refractivity contribution is 0.744. The minimum atomic E-state index is 0.634. The minimum absolute atomic E-state index is 0.634. The summed E-state index contributed by atoms with van der Waals surface area (Å²) in [6.07, 6.45) is 3.87. The zero-order valence-corrected chi connectivity index (χ0v) is 12.4. The summed E-state index contributed by atoms with van der Waals surface area (Å²) < 4.78 is 1.79. The summed E-state index contributed by atoms with van der Waals surface area (Å²) in [4.78, 5) is 11.0. The lowest BCUT2D eigenvalue weighted by atomic mass is 10.1. The summed E-state index contributed by atoms with van der Waals surface area (Å²) in [5.74, 6) is 1.65. The molecule has 0 saturated carbocycles. The van der Waals surface area contributed by atoms with Gasteiger partial charge in [0.1, 0.15) is 12.1 Å². The molecular formula is C16H19N5. The number of hydrogen-bond donors (Lipinski definition) is 0. The molecule has 0 amide bonds. The predicted molar refractivity (Wildman–Crippen MR) is 84.4 cm³/mol. The summed E-state index contributed by atoms with van der Waals surface area (Å²) in [5, 5.41) is 4.28. The van der Waals surface area contributed by atoms with Crippen LogP contribution in [0.4, 0.5) is 5.82 Å². The van der Waals surface area contributed by atoms with Gasteiger partial charge < -0.3 is 4.90 Å². The quantitative estimate of drug-likeness (QED) is 0.721. The van der Waals surface area contributed by atoms with E-state index < -0.39 is 0 Å². The molecule has 3 aromatic rings. The first kappa shape index (κ1) is 13.5. The largest absolute Gasteiger partial charge is 0.359 e. The molecule has 0 aliphatic rings. The normalized spacial score (nSPS) is 11.0. The third-order valence-electron chi connectivity index (χ3n) is 3.54. The second-order valence-electron chi connectivity index (χ2n) is 5.11. The molecule has 5 nitrogen and oxygen atoms in total. The maximum Gasteiger partial charge on any atom is 0.254 e. The van der Waals surface area contributed by atoms with Crippen LogP contribution in [0.1, 0.15) is 19.8 Å². The van der Waals surface area contributed by atoms with Gasteiger partial charge in [-0.1, -0.05) is 43.7 Å². The fraction of sp³-hybridized carbons (Fsp3) is 0.312. The van der Waals surface area contributed by atoms with E-state index in [1.54, 1.807) is 10.8 Å². The van der Waals surface area contributed by atoms with Gasteiger partial charge >= 0.3 is 0 Å². The topological polar surface area (TPSA) is 46.3 Å². The molecule has 3 rings (SSSR count). The van der Waals surface area contributed by atoms with Crippen molar-refractivity contribution in [2.45, 2.75) is 19.8 Å². The van der Waals surface area contributed by atoms with E-state index in [0.717, 1.165) is 30.0 Å². The highest BCUT2D eigenvalue weighted by Crippen LogP contribution is 2.23. The average Bonchev–Trinajstić information content (AvgIpc) is 3.01. The van der Waals surface area contributed by atoms with Crippen molar-refractivity contribution in [2.75, 3.05) is 18.5 Å². The molecule has 0 aliphatic carbocycles. The Labute approximate surface area is 124 Å². The molecule has 2 aromatic heterocycles. The van der Waals surface area contributed by atoms with Gasteiger partial charge in [-0.25, -0.2) is 4.98 Å². The van der Waals surface area contributed by atoms with Gasteiger partial charge in [-0.05, 0) is 6.42 Å². The van der Waals surface area contributed by atoms with E-state index in [-0.39, 0.29) is 0 Å². The van der Waals surface area contributed by atoms with Gasteiger partial charge in [0.25, 0.3) is 5.78 Å². The highest BCUT2D eigenvalue weighted by atomic mass is 15.4. The van der Waals surface area contributed by atoms with Crippen LogP contribution in [0.15, 0.2) is 42.7 Å². The summed E-state index contributed by atoms with van der Waals surface area (Å²) in [6, 6.07) is 12.2. The van der Waals surface area contributed by atoms with Crippen LogP contribution in [0.5, 0.6) is 0 Å². The molecule has 5 heteroatoms. The summed E-state index contributed by atoms with van der Waals surface area (Å²) in [6.45, 7) is 3.19. The van der Waals surface area contributed by atoms with Gasteiger partial charge in [-0.2, -0.15) is 14.6 Å². The number of unbranched alkanes of at least 4 members (excludes halogenated alkanes) is 1. The maximum absolute atomic E-state index is 4.59. The molecule has 0 N–H and O–H groups in total. The molecule has 0 fully saturated rings. The van der Waals surface area contributed by atoms with Crippen molar-refractivity contribution in [3.63, 3.8) is 0 Å². The first-order valence-corrected chi connectivity index (χ1v) is 7.27. The monoisotopic (exact) mass is 281 g/mol. The molecule has 0 saturated heterocycles. The lowest BCUT2D eigenvalue weighted by Gasteiger charge is -2.20. The molecule has 0 aliphatic heterocycles. The molecule has 0 bridgehead atoms. The first-order valence-electron chi connectivity index (χ1n) is 7.27. The number of benzene rings is 1. The van der Waals surface area contributed by atoms with E-state index in [1.165, 1.54) is 6.42 Å². The molecule has 0 spiro atoms. The van der Waals surface area contributed by atoms with Crippen molar-refractivity contribution in [1.82, 2.24) is 19.6 Å². The molecule has 1 aromatic carbocycles. The van der Waals surface area contributed by atoms with Gasteiger partial charge in [0.2, 0.25) is 0 Å². The molecule has 2 heterocycles. The number of nitrogens with zero attached hydrogens (tertiary/aromatic N) is 5. The molecular weight excluding hydrogens is 262 g/mol. The van der Waals surface area contributed by atoms with E-state index in [9.17, 15) is 0 Å². The van der Waals surface area contributed by atoms with Crippen molar-refractivity contribution in [3.05, 3.63) is 42.7 Å². The van der Waals surface area contributed by atoms with Gasteiger partial charge in [0, 0.05) is 25.2 Å². The fourth-order valence-electron chi connectivity index (χ4n) is 2.34. The second-order valence-corrected chi connectivity index (χ2v) is 5.11. The average molecular weight is 281 g/mol. The summed E-state index contributed by atoms with van der Waals surface area (Å²) >= 11 is 0. The second kappa shape index (κ2) is 5.91. The summed E-state index contributed by atoms with van der Waals surface area (Å²) in [7, 11) is 2.08. The molecule has 108 valence electrons. The Hall–Kier alpha value is -2.43. The fourth-order valence-corrected chi connectivity index (χ4v) is 2.34. The van der Waals surface area contributed by atoms with Crippen molar-refractivity contribution < 1.29 is 0 Å². The van der Waals surface area contributed by atoms with Gasteiger partial charge in [0.05, 0.1) is 5.69 Å². The molecule has 0 atom stereocenters.